The van der Waals surface area contributed by atoms with E-state index in [1.165, 1.54) is 12.4 Å². The molecule has 3 aromatic rings. The zero-order chi connectivity index (χ0) is 13.2. The smallest absolute Gasteiger partial charge is 0.244 e. The Bertz CT molecular complexity index is 722. The van der Waals surface area contributed by atoms with Crippen molar-refractivity contribution in [3.05, 3.63) is 54.3 Å². The number of benzene rings is 1. The molecule has 2 aromatic heterocycles. The van der Waals surface area contributed by atoms with E-state index in [1.807, 2.05) is 35.0 Å². The number of methoxy groups -OCH3 is 1. The summed E-state index contributed by atoms with van der Waals surface area (Å²) in [7, 11) is 1.65. The van der Waals surface area contributed by atoms with Gasteiger partial charge in [0, 0.05) is 18.7 Å². The number of fused-ring (bicyclic) bond motifs is 1. The fourth-order valence-electron chi connectivity index (χ4n) is 2.23. The van der Waals surface area contributed by atoms with Crippen molar-refractivity contribution in [1.29, 1.82) is 0 Å². The molecule has 0 N–H and O–H groups in total. The largest absolute Gasteiger partial charge is 0.618 e. The molecule has 0 spiro atoms. The first-order valence-corrected chi connectivity index (χ1v) is 5.91. The maximum absolute atomic E-state index is 11.9. The van der Waals surface area contributed by atoms with Crippen molar-refractivity contribution in [3.63, 3.8) is 0 Å². The van der Waals surface area contributed by atoms with Crippen molar-refractivity contribution in [1.82, 2.24) is 9.55 Å². The van der Waals surface area contributed by atoms with Gasteiger partial charge in [0.05, 0.1) is 17.3 Å². The van der Waals surface area contributed by atoms with Crippen LogP contribution >= 0.6 is 0 Å². The molecular weight excluding hydrogens is 242 g/mol. The first-order chi connectivity index (χ1) is 9.31. The highest BCUT2D eigenvalue weighted by Crippen LogP contribution is 2.28. The van der Waals surface area contributed by atoms with Crippen LogP contribution in [-0.2, 0) is 11.5 Å². The third kappa shape index (κ3) is 1.94. The van der Waals surface area contributed by atoms with E-state index in [2.05, 4.69) is 4.98 Å². The molecule has 0 saturated carbocycles. The average molecular weight is 255 g/mol. The number of para-hydroxylation sites is 1. The fraction of sp³-hybridized carbons (Fsp3) is 0.143. The second-order valence-electron chi connectivity index (χ2n) is 4.23. The highest BCUT2D eigenvalue weighted by Gasteiger charge is 2.16. The predicted molar refractivity (Wildman–Crippen MR) is 71.1 cm³/mol. The van der Waals surface area contributed by atoms with Gasteiger partial charge in [0.1, 0.15) is 12.9 Å². The van der Waals surface area contributed by atoms with E-state index in [0.717, 1.165) is 21.2 Å². The molecule has 0 aliphatic heterocycles. The van der Waals surface area contributed by atoms with Gasteiger partial charge in [0.25, 0.3) is 0 Å². The normalized spacial score (nSPS) is 11.0. The SMILES string of the molecule is COCn1cc(-c2cncc[n+]2[O-])c2ccccc21. The van der Waals surface area contributed by atoms with Crippen molar-refractivity contribution >= 4 is 10.9 Å². The lowest BCUT2D eigenvalue weighted by molar-refractivity contribution is -0.594. The van der Waals surface area contributed by atoms with Crippen molar-refractivity contribution < 1.29 is 9.47 Å². The van der Waals surface area contributed by atoms with Gasteiger partial charge in [-0.25, -0.2) is 0 Å². The van der Waals surface area contributed by atoms with E-state index in [1.54, 1.807) is 13.3 Å². The van der Waals surface area contributed by atoms with Gasteiger partial charge in [-0.1, -0.05) is 18.2 Å². The predicted octanol–water partition coefficient (Wildman–Crippen LogP) is 1.94. The first kappa shape index (κ1) is 11.7. The monoisotopic (exact) mass is 255 g/mol. The summed E-state index contributed by atoms with van der Waals surface area (Å²) in [6.45, 7) is 0.444. The van der Waals surface area contributed by atoms with Crippen molar-refractivity contribution in [2.45, 2.75) is 6.73 Å². The quantitative estimate of drug-likeness (QED) is 0.531. The number of hydrogen-bond acceptors (Lipinski definition) is 3. The molecule has 0 radical (unpaired) electrons. The fourth-order valence-corrected chi connectivity index (χ4v) is 2.23. The number of nitrogens with zero attached hydrogens (tertiary/aromatic N) is 3. The maximum atomic E-state index is 11.9. The lowest BCUT2D eigenvalue weighted by Crippen LogP contribution is -2.28. The Morgan fingerprint density at radius 1 is 1.37 bits per heavy atom. The topological polar surface area (TPSA) is 54.0 Å². The lowest BCUT2D eigenvalue weighted by Gasteiger charge is -2.01. The Labute approximate surface area is 110 Å². The molecule has 0 amide bonds. The van der Waals surface area contributed by atoms with Crippen LogP contribution in [0.2, 0.25) is 0 Å². The number of aromatic nitrogens is 3. The van der Waals surface area contributed by atoms with Gasteiger partial charge in [-0.2, -0.15) is 4.73 Å². The molecule has 0 bridgehead atoms. The Hall–Kier alpha value is -2.40. The Balaban J connectivity index is 2.27. The molecular formula is C14H13N3O2. The minimum absolute atomic E-state index is 0.444. The van der Waals surface area contributed by atoms with Crippen molar-refractivity contribution in [3.8, 4) is 11.3 Å². The van der Waals surface area contributed by atoms with Gasteiger partial charge >= 0.3 is 0 Å². The summed E-state index contributed by atoms with van der Waals surface area (Å²) >= 11 is 0. The van der Waals surface area contributed by atoms with E-state index in [9.17, 15) is 5.21 Å². The van der Waals surface area contributed by atoms with Crippen LogP contribution in [0, 0.1) is 5.21 Å². The maximum Gasteiger partial charge on any atom is 0.244 e. The Morgan fingerprint density at radius 3 is 3.00 bits per heavy atom. The molecule has 5 heteroatoms. The summed E-state index contributed by atoms with van der Waals surface area (Å²) in [5.74, 6) is 0. The minimum atomic E-state index is 0.444. The number of rotatable bonds is 3. The molecule has 0 aliphatic carbocycles. The Morgan fingerprint density at radius 2 is 2.21 bits per heavy atom. The van der Waals surface area contributed by atoms with Crippen LogP contribution < -0.4 is 4.73 Å². The highest BCUT2D eigenvalue weighted by atomic mass is 16.5. The lowest BCUT2D eigenvalue weighted by atomic mass is 10.1. The molecule has 3 rings (SSSR count). The van der Waals surface area contributed by atoms with Gasteiger partial charge in [-0.15, -0.1) is 0 Å². The van der Waals surface area contributed by atoms with E-state index in [0.29, 0.717) is 12.4 Å². The van der Waals surface area contributed by atoms with Gasteiger partial charge in [0.2, 0.25) is 5.69 Å². The minimum Gasteiger partial charge on any atom is -0.618 e. The second-order valence-corrected chi connectivity index (χ2v) is 4.23. The van der Waals surface area contributed by atoms with Crippen LogP contribution in [0.3, 0.4) is 0 Å². The van der Waals surface area contributed by atoms with E-state index < -0.39 is 0 Å². The van der Waals surface area contributed by atoms with Crippen LogP contribution in [0.1, 0.15) is 0 Å². The second kappa shape index (κ2) is 4.70. The molecule has 19 heavy (non-hydrogen) atoms. The highest BCUT2D eigenvalue weighted by molar-refractivity contribution is 5.94. The molecule has 96 valence electrons. The average Bonchev–Trinajstić information content (AvgIpc) is 2.79. The standard InChI is InChI=1S/C14H13N3O2/c1-19-10-16-9-12(11-4-2-3-5-13(11)16)14-8-15-6-7-17(14)18/h2-9H,10H2,1H3. The van der Waals surface area contributed by atoms with Crippen LogP contribution in [0.4, 0.5) is 0 Å². The summed E-state index contributed by atoms with van der Waals surface area (Å²) in [6.07, 6.45) is 6.37. The molecule has 0 aliphatic rings. The zero-order valence-electron chi connectivity index (χ0n) is 10.5. The summed E-state index contributed by atoms with van der Waals surface area (Å²) in [4.78, 5) is 4.02. The Kier molecular flexibility index (Phi) is 2.89. The van der Waals surface area contributed by atoms with Crippen LogP contribution in [0.5, 0.6) is 0 Å². The van der Waals surface area contributed by atoms with Crippen molar-refractivity contribution in [2.24, 2.45) is 0 Å². The van der Waals surface area contributed by atoms with E-state index >= 15 is 0 Å². The third-order valence-electron chi connectivity index (χ3n) is 3.06. The molecule has 2 heterocycles. The summed E-state index contributed by atoms with van der Waals surface area (Å²) < 4.78 is 7.97. The van der Waals surface area contributed by atoms with Crippen LogP contribution in [-0.4, -0.2) is 16.7 Å². The van der Waals surface area contributed by atoms with Gasteiger partial charge in [-0.05, 0) is 6.07 Å². The number of hydrogen-bond donors (Lipinski definition) is 0. The van der Waals surface area contributed by atoms with Gasteiger partial charge in [-0.3, -0.25) is 4.98 Å². The van der Waals surface area contributed by atoms with Gasteiger partial charge in [0.15, 0.2) is 6.20 Å². The number of ether oxygens (including phenoxy) is 1. The van der Waals surface area contributed by atoms with Crippen LogP contribution in [0.15, 0.2) is 49.1 Å². The molecule has 5 nitrogen and oxygen atoms in total. The summed E-state index contributed by atoms with van der Waals surface area (Å²) in [6, 6.07) is 7.91. The molecule has 0 fully saturated rings. The zero-order valence-corrected chi connectivity index (χ0v) is 10.5. The van der Waals surface area contributed by atoms with E-state index in [4.69, 9.17) is 4.74 Å². The molecule has 0 saturated heterocycles. The molecule has 0 atom stereocenters. The summed E-state index contributed by atoms with van der Waals surface area (Å²) in [5, 5.41) is 12.9. The summed E-state index contributed by atoms with van der Waals surface area (Å²) in [5.41, 5.74) is 2.42. The van der Waals surface area contributed by atoms with Crippen LogP contribution in [0.25, 0.3) is 22.2 Å². The van der Waals surface area contributed by atoms with E-state index in [-0.39, 0.29) is 0 Å². The first-order valence-electron chi connectivity index (χ1n) is 5.91. The third-order valence-corrected chi connectivity index (χ3v) is 3.06. The van der Waals surface area contributed by atoms with Crippen molar-refractivity contribution in [2.75, 3.05) is 7.11 Å². The molecule has 0 unspecified atom stereocenters. The van der Waals surface area contributed by atoms with Gasteiger partial charge < -0.3 is 14.5 Å². The molecule has 1 aromatic carbocycles.